The lowest BCUT2D eigenvalue weighted by Gasteiger charge is -2.24. The van der Waals surface area contributed by atoms with E-state index in [1.54, 1.807) is 0 Å². The second-order valence-electron chi connectivity index (χ2n) is 5.82. The van der Waals surface area contributed by atoms with Gasteiger partial charge in [-0.05, 0) is 24.6 Å². The Hall–Kier alpha value is -2.06. The molecule has 126 valence electrons. The molecule has 1 aliphatic rings. The van der Waals surface area contributed by atoms with Crippen LogP contribution in [0.1, 0.15) is 13.2 Å². The number of hydrogen-bond acceptors (Lipinski definition) is 3. The van der Waals surface area contributed by atoms with Gasteiger partial charge in [-0.3, -0.25) is 4.90 Å². The van der Waals surface area contributed by atoms with Crippen molar-refractivity contribution in [3.63, 3.8) is 0 Å². The average molecular weight is 324 g/mol. The Bertz CT molecular complexity index is 678. The highest BCUT2D eigenvalue weighted by atomic mass is 16.5. The zero-order chi connectivity index (χ0) is 16.6. The second-order valence-corrected chi connectivity index (χ2v) is 5.82. The molecule has 2 aromatic rings. The molecule has 0 amide bonds. The Balaban J connectivity index is 1.51. The third kappa shape index (κ3) is 4.48. The van der Waals surface area contributed by atoms with Gasteiger partial charge in [0.2, 0.25) is 0 Å². The normalized spacial score (nSPS) is 16.4. The molecule has 1 atom stereocenters. The summed E-state index contributed by atoms with van der Waals surface area (Å²) >= 11 is 0. The summed E-state index contributed by atoms with van der Waals surface area (Å²) in [7, 11) is 0. The zero-order valence-corrected chi connectivity index (χ0v) is 14.1. The fourth-order valence-corrected chi connectivity index (χ4v) is 2.79. The van der Waals surface area contributed by atoms with E-state index in [0.717, 1.165) is 38.5 Å². The van der Waals surface area contributed by atoms with Crippen LogP contribution in [-0.2, 0) is 9.47 Å². The molecule has 2 heterocycles. The maximum atomic E-state index is 5.88. The molecule has 0 radical (unpaired) electrons. The first-order chi connectivity index (χ1) is 11.8. The van der Waals surface area contributed by atoms with E-state index >= 15 is 0 Å². The summed E-state index contributed by atoms with van der Waals surface area (Å²) in [6.45, 7) is 6.84. The highest BCUT2D eigenvalue weighted by Gasteiger charge is 2.10. The van der Waals surface area contributed by atoms with Crippen molar-refractivity contribution in [1.29, 1.82) is 0 Å². The van der Waals surface area contributed by atoms with E-state index in [1.165, 1.54) is 5.56 Å². The molecule has 0 spiro atoms. The lowest BCUT2D eigenvalue weighted by Crippen LogP contribution is -2.36. The molecule has 0 N–H and O–H groups in total. The molecular weight excluding hydrogens is 300 g/mol. The third-order valence-electron chi connectivity index (χ3n) is 4.17. The summed E-state index contributed by atoms with van der Waals surface area (Å²) in [5.74, 6) is 6.30. The first kappa shape index (κ1) is 16.8. The van der Waals surface area contributed by atoms with E-state index < -0.39 is 0 Å². The van der Waals surface area contributed by atoms with Gasteiger partial charge < -0.3 is 14.0 Å². The Labute approximate surface area is 144 Å². The van der Waals surface area contributed by atoms with Gasteiger partial charge in [-0.15, -0.1) is 0 Å². The lowest BCUT2D eigenvalue weighted by atomic mass is 10.1. The molecule has 1 aromatic heterocycles. The largest absolute Gasteiger partial charge is 0.379 e. The van der Waals surface area contributed by atoms with Crippen molar-refractivity contribution in [2.75, 3.05) is 39.5 Å². The van der Waals surface area contributed by atoms with Crippen LogP contribution in [0.15, 0.2) is 48.7 Å². The van der Waals surface area contributed by atoms with Gasteiger partial charge in [0, 0.05) is 19.3 Å². The summed E-state index contributed by atoms with van der Waals surface area (Å²) < 4.78 is 13.4. The smallest absolute Gasteiger partial charge is 0.132 e. The van der Waals surface area contributed by atoms with Crippen LogP contribution in [-0.4, -0.2) is 48.9 Å². The monoisotopic (exact) mass is 324 g/mol. The molecule has 24 heavy (non-hydrogen) atoms. The lowest BCUT2D eigenvalue weighted by molar-refractivity contribution is 0.0390. The van der Waals surface area contributed by atoms with Gasteiger partial charge in [0.25, 0.3) is 0 Å². The highest BCUT2D eigenvalue weighted by Crippen LogP contribution is 2.23. The van der Waals surface area contributed by atoms with E-state index in [4.69, 9.17) is 9.47 Å². The fraction of sp³-hybridized carbons (Fsp3) is 0.400. The van der Waals surface area contributed by atoms with E-state index in [-0.39, 0.29) is 6.23 Å². The number of ether oxygens (including phenoxy) is 2. The molecule has 1 fully saturated rings. The van der Waals surface area contributed by atoms with E-state index in [1.807, 2.05) is 18.3 Å². The topological polar surface area (TPSA) is 26.6 Å². The maximum Gasteiger partial charge on any atom is 0.132 e. The molecule has 0 saturated carbocycles. The van der Waals surface area contributed by atoms with Crippen LogP contribution >= 0.6 is 0 Å². The maximum absolute atomic E-state index is 5.88. The van der Waals surface area contributed by atoms with Crippen LogP contribution in [0.3, 0.4) is 0 Å². The minimum absolute atomic E-state index is 0.0482. The van der Waals surface area contributed by atoms with Gasteiger partial charge in [0.1, 0.15) is 12.8 Å². The molecule has 0 unspecified atom stereocenters. The van der Waals surface area contributed by atoms with Crippen molar-refractivity contribution in [2.45, 2.75) is 13.2 Å². The first-order valence-corrected chi connectivity index (χ1v) is 8.44. The summed E-state index contributed by atoms with van der Waals surface area (Å²) in [6.07, 6.45) is 2.00. The number of morpholine rings is 1. The third-order valence-corrected chi connectivity index (χ3v) is 4.17. The molecule has 4 nitrogen and oxygen atoms in total. The van der Waals surface area contributed by atoms with Crippen molar-refractivity contribution < 1.29 is 9.47 Å². The SMILES string of the molecule is C[C@H](OCC#CCN1CCOCC1)n1cccc1-c1ccccc1. The predicted molar refractivity (Wildman–Crippen MR) is 95.6 cm³/mol. The van der Waals surface area contributed by atoms with E-state index in [0.29, 0.717) is 6.61 Å². The molecule has 1 aromatic carbocycles. The van der Waals surface area contributed by atoms with Crippen molar-refractivity contribution in [1.82, 2.24) is 9.47 Å². The number of nitrogens with zero attached hydrogens (tertiary/aromatic N) is 2. The molecule has 1 aliphatic heterocycles. The summed E-state index contributed by atoms with van der Waals surface area (Å²) in [5, 5.41) is 0. The second kappa shape index (κ2) is 8.70. The highest BCUT2D eigenvalue weighted by molar-refractivity contribution is 5.59. The van der Waals surface area contributed by atoms with Gasteiger partial charge in [-0.1, -0.05) is 42.2 Å². The van der Waals surface area contributed by atoms with Gasteiger partial charge in [0.05, 0.1) is 25.5 Å². The average Bonchev–Trinajstić information content (AvgIpc) is 3.13. The van der Waals surface area contributed by atoms with Crippen LogP contribution < -0.4 is 0 Å². The molecule has 1 saturated heterocycles. The summed E-state index contributed by atoms with van der Waals surface area (Å²) in [5.41, 5.74) is 2.35. The van der Waals surface area contributed by atoms with Crippen LogP contribution in [0.2, 0.25) is 0 Å². The molecule has 4 heteroatoms. The summed E-state index contributed by atoms with van der Waals surface area (Å²) in [4.78, 5) is 2.30. The Kier molecular flexibility index (Phi) is 6.08. The Morgan fingerprint density at radius 2 is 1.88 bits per heavy atom. The van der Waals surface area contributed by atoms with Crippen LogP contribution in [0.4, 0.5) is 0 Å². The van der Waals surface area contributed by atoms with Crippen LogP contribution in [0, 0.1) is 11.8 Å². The van der Waals surface area contributed by atoms with Crippen molar-refractivity contribution in [3.8, 4) is 23.1 Å². The molecular formula is C20H24N2O2. The number of rotatable bonds is 5. The summed E-state index contributed by atoms with van der Waals surface area (Å²) in [6, 6.07) is 14.5. The molecule has 0 bridgehead atoms. The zero-order valence-electron chi connectivity index (χ0n) is 14.1. The van der Waals surface area contributed by atoms with E-state index in [9.17, 15) is 0 Å². The Morgan fingerprint density at radius 1 is 1.08 bits per heavy atom. The minimum atomic E-state index is -0.0482. The van der Waals surface area contributed by atoms with Crippen molar-refractivity contribution in [2.24, 2.45) is 0 Å². The van der Waals surface area contributed by atoms with Gasteiger partial charge in [0.15, 0.2) is 0 Å². The van der Waals surface area contributed by atoms with Gasteiger partial charge in [-0.25, -0.2) is 0 Å². The number of aromatic nitrogens is 1. The quantitative estimate of drug-likeness (QED) is 0.791. The van der Waals surface area contributed by atoms with Crippen molar-refractivity contribution in [3.05, 3.63) is 48.7 Å². The van der Waals surface area contributed by atoms with Crippen LogP contribution in [0.5, 0.6) is 0 Å². The predicted octanol–water partition coefficient (Wildman–Crippen LogP) is 3.03. The first-order valence-electron chi connectivity index (χ1n) is 8.44. The van der Waals surface area contributed by atoms with Crippen LogP contribution in [0.25, 0.3) is 11.3 Å². The minimum Gasteiger partial charge on any atom is -0.379 e. The van der Waals surface area contributed by atoms with Crippen molar-refractivity contribution >= 4 is 0 Å². The Morgan fingerprint density at radius 3 is 2.67 bits per heavy atom. The molecule has 3 rings (SSSR count). The van der Waals surface area contributed by atoms with Gasteiger partial charge in [-0.2, -0.15) is 0 Å². The van der Waals surface area contributed by atoms with Gasteiger partial charge >= 0.3 is 0 Å². The molecule has 0 aliphatic carbocycles. The van der Waals surface area contributed by atoms with E-state index in [2.05, 4.69) is 58.6 Å². The fourth-order valence-electron chi connectivity index (χ4n) is 2.79. The standard InChI is InChI=1S/C20H24N2O2/c1-18(24-15-6-5-11-21-13-16-23-17-14-21)22-12-7-10-20(22)19-8-3-2-4-9-19/h2-4,7-10,12,18H,11,13-17H2,1H3/t18-/m0/s1. The number of hydrogen-bond donors (Lipinski definition) is 0. The number of benzene rings is 1.